The Bertz CT molecular complexity index is 743. The Hall–Kier alpha value is -1.84. The van der Waals surface area contributed by atoms with Crippen LogP contribution >= 0.6 is 0 Å². The lowest BCUT2D eigenvalue weighted by atomic mass is 10.2. The van der Waals surface area contributed by atoms with E-state index in [2.05, 4.69) is 24.8 Å². The summed E-state index contributed by atoms with van der Waals surface area (Å²) in [5.74, 6) is 1.52. The highest BCUT2D eigenvalue weighted by Crippen LogP contribution is 2.15. The molecule has 118 valence electrons. The average molecular weight is 322 g/mol. The first-order valence-electron chi connectivity index (χ1n) is 6.98. The summed E-state index contributed by atoms with van der Waals surface area (Å²) >= 11 is 0. The second-order valence-corrected chi connectivity index (χ2v) is 7.18. The topological polar surface area (TPSA) is 93.0 Å². The van der Waals surface area contributed by atoms with Gasteiger partial charge in [-0.2, -0.15) is 0 Å². The standard InChI is InChI=1S/C13H18N6O2S/c1-22(20,21)15-8-12-16-17-13-10-18(5-6-19(12)13)9-11-3-2-4-14-7-11/h2-4,7,15H,5-6,8-10H2,1H3. The molecule has 1 aliphatic rings. The molecule has 8 nitrogen and oxygen atoms in total. The first kappa shape index (κ1) is 15.1. The van der Waals surface area contributed by atoms with Crippen molar-refractivity contribution in [2.45, 2.75) is 26.2 Å². The molecule has 3 rings (SSSR count). The molecule has 0 spiro atoms. The van der Waals surface area contributed by atoms with Gasteiger partial charge in [0.05, 0.1) is 19.3 Å². The third kappa shape index (κ3) is 3.67. The normalized spacial score (nSPS) is 15.7. The maximum absolute atomic E-state index is 11.2. The van der Waals surface area contributed by atoms with E-state index in [1.165, 1.54) is 0 Å². The van der Waals surface area contributed by atoms with Crippen molar-refractivity contribution >= 4 is 10.0 Å². The van der Waals surface area contributed by atoms with Gasteiger partial charge in [-0.15, -0.1) is 10.2 Å². The maximum atomic E-state index is 11.2. The van der Waals surface area contributed by atoms with Crippen molar-refractivity contribution < 1.29 is 8.42 Å². The van der Waals surface area contributed by atoms with Gasteiger partial charge < -0.3 is 4.57 Å². The Morgan fingerprint density at radius 2 is 2.18 bits per heavy atom. The first-order valence-corrected chi connectivity index (χ1v) is 8.87. The van der Waals surface area contributed by atoms with Crippen molar-refractivity contribution in [1.82, 2.24) is 29.4 Å². The van der Waals surface area contributed by atoms with Crippen LogP contribution in [0.1, 0.15) is 17.2 Å². The molecular weight excluding hydrogens is 304 g/mol. The van der Waals surface area contributed by atoms with Crippen LogP contribution in [0.5, 0.6) is 0 Å². The first-order chi connectivity index (χ1) is 10.5. The third-order valence-corrected chi connectivity index (χ3v) is 4.20. The zero-order valence-electron chi connectivity index (χ0n) is 12.3. The fraction of sp³-hybridized carbons (Fsp3) is 0.462. The number of rotatable bonds is 5. The molecule has 1 aliphatic heterocycles. The highest BCUT2D eigenvalue weighted by atomic mass is 32.2. The van der Waals surface area contributed by atoms with Gasteiger partial charge in [0.1, 0.15) is 11.6 Å². The quantitative estimate of drug-likeness (QED) is 0.815. The van der Waals surface area contributed by atoms with E-state index in [1.54, 1.807) is 6.20 Å². The van der Waals surface area contributed by atoms with Crippen LogP contribution in [0.2, 0.25) is 0 Å². The molecule has 0 unspecified atom stereocenters. The van der Waals surface area contributed by atoms with E-state index in [0.29, 0.717) is 12.4 Å². The molecule has 9 heteroatoms. The van der Waals surface area contributed by atoms with Gasteiger partial charge >= 0.3 is 0 Å². The largest absolute Gasteiger partial charge is 0.311 e. The Labute approximate surface area is 129 Å². The number of sulfonamides is 1. The van der Waals surface area contributed by atoms with Crippen molar-refractivity contribution in [2.75, 3.05) is 12.8 Å². The van der Waals surface area contributed by atoms with E-state index in [1.807, 2.05) is 22.9 Å². The number of hydrogen-bond acceptors (Lipinski definition) is 6. The average Bonchev–Trinajstić information content (AvgIpc) is 2.88. The van der Waals surface area contributed by atoms with E-state index >= 15 is 0 Å². The molecule has 0 bridgehead atoms. The van der Waals surface area contributed by atoms with E-state index in [-0.39, 0.29) is 6.54 Å². The van der Waals surface area contributed by atoms with Crippen LogP contribution in [-0.4, -0.2) is 45.9 Å². The summed E-state index contributed by atoms with van der Waals surface area (Å²) in [6, 6.07) is 3.98. The summed E-state index contributed by atoms with van der Waals surface area (Å²) in [6.07, 6.45) is 4.76. The minimum Gasteiger partial charge on any atom is -0.311 e. The van der Waals surface area contributed by atoms with Crippen molar-refractivity contribution in [2.24, 2.45) is 0 Å². The van der Waals surface area contributed by atoms with Crippen LogP contribution < -0.4 is 4.72 Å². The molecule has 0 radical (unpaired) electrons. The summed E-state index contributed by atoms with van der Waals surface area (Å²) in [4.78, 5) is 6.39. The minimum atomic E-state index is -3.23. The van der Waals surface area contributed by atoms with Crippen LogP contribution in [0.3, 0.4) is 0 Å². The van der Waals surface area contributed by atoms with Crippen LogP contribution in [0.15, 0.2) is 24.5 Å². The molecule has 0 amide bonds. The van der Waals surface area contributed by atoms with Crippen LogP contribution in [-0.2, 0) is 36.2 Å². The number of nitrogens with zero attached hydrogens (tertiary/aromatic N) is 5. The summed E-state index contributed by atoms with van der Waals surface area (Å²) in [6.45, 7) is 3.31. The number of pyridine rings is 1. The van der Waals surface area contributed by atoms with Gasteiger partial charge in [0.15, 0.2) is 0 Å². The molecule has 0 saturated carbocycles. The fourth-order valence-corrected chi connectivity index (χ4v) is 2.87. The molecular formula is C13H18N6O2S. The number of nitrogens with one attached hydrogen (secondary N) is 1. The molecule has 22 heavy (non-hydrogen) atoms. The molecule has 0 atom stereocenters. The number of fused-ring (bicyclic) bond motifs is 1. The highest BCUT2D eigenvalue weighted by Gasteiger charge is 2.21. The van der Waals surface area contributed by atoms with E-state index in [4.69, 9.17) is 0 Å². The smallest absolute Gasteiger partial charge is 0.209 e. The molecule has 0 saturated heterocycles. The molecule has 3 heterocycles. The molecule has 2 aromatic heterocycles. The van der Waals surface area contributed by atoms with E-state index < -0.39 is 10.0 Å². The van der Waals surface area contributed by atoms with Gasteiger partial charge in [-0.3, -0.25) is 9.88 Å². The monoisotopic (exact) mass is 322 g/mol. The highest BCUT2D eigenvalue weighted by molar-refractivity contribution is 7.88. The lowest BCUT2D eigenvalue weighted by molar-refractivity contribution is 0.207. The summed E-state index contributed by atoms with van der Waals surface area (Å²) in [5, 5.41) is 8.26. The van der Waals surface area contributed by atoms with Crippen molar-refractivity contribution in [3.8, 4) is 0 Å². The molecule has 2 aromatic rings. The fourth-order valence-electron chi connectivity index (χ4n) is 2.48. The zero-order valence-corrected chi connectivity index (χ0v) is 13.1. The predicted molar refractivity (Wildman–Crippen MR) is 80.1 cm³/mol. The lowest BCUT2D eigenvalue weighted by Gasteiger charge is -2.27. The Morgan fingerprint density at radius 1 is 1.32 bits per heavy atom. The second-order valence-electron chi connectivity index (χ2n) is 5.35. The summed E-state index contributed by atoms with van der Waals surface area (Å²) in [5.41, 5.74) is 1.16. The summed E-state index contributed by atoms with van der Waals surface area (Å²) < 4.78 is 26.8. The summed E-state index contributed by atoms with van der Waals surface area (Å²) in [7, 11) is -3.23. The second kappa shape index (κ2) is 6.11. The Kier molecular flexibility index (Phi) is 4.19. The molecule has 0 fully saturated rings. The van der Waals surface area contributed by atoms with Gasteiger partial charge in [-0.25, -0.2) is 13.1 Å². The SMILES string of the molecule is CS(=O)(=O)NCc1nnc2n1CCN(Cc1cccnc1)C2. The Balaban J connectivity index is 1.66. The van der Waals surface area contributed by atoms with Crippen LogP contribution in [0.25, 0.3) is 0 Å². The van der Waals surface area contributed by atoms with Gasteiger partial charge in [0.2, 0.25) is 10.0 Å². The maximum Gasteiger partial charge on any atom is 0.209 e. The van der Waals surface area contributed by atoms with Crippen molar-refractivity contribution in [1.29, 1.82) is 0 Å². The van der Waals surface area contributed by atoms with Crippen LogP contribution in [0, 0.1) is 0 Å². The molecule has 0 aliphatic carbocycles. The van der Waals surface area contributed by atoms with Crippen molar-refractivity contribution in [3.63, 3.8) is 0 Å². The van der Waals surface area contributed by atoms with Gasteiger partial charge in [0, 0.05) is 32.0 Å². The van der Waals surface area contributed by atoms with Crippen molar-refractivity contribution in [3.05, 3.63) is 41.7 Å². The van der Waals surface area contributed by atoms with Gasteiger partial charge in [-0.05, 0) is 11.6 Å². The number of aromatic nitrogens is 4. The Morgan fingerprint density at radius 3 is 2.91 bits per heavy atom. The molecule has 0 aromatic carbocycles. The van der Waals surface area contributed by atoms with E-state index in [0.717, 1.165) is 37.3 Å². The lowest BCUT2D eigenvalue weighted by Crippen LogP contribution is -2.34. The van der Waals surface area contributed by atoms with Gasteiger partial charge in [0.25, 0.3) is 0 Å². The number of hydrogen-bond donors (Lipinski definition) is 1. The van der Waals surface area contributed by atoms with E-state index in [9.17, 15) is 8.42 Å². The van der Waals surface area contributed by atoms with Gasteiger partial charge in [-0.1, -0.05) is 6.07 Å². The minimum absolute atomic E-state index is 0.175. The van der Waals surface area contributed by atoms with Crippen LogP contribution in [0.4, 0.5) is 0 Å². The predicted octanol–water partition coefficient (Wildman–Crippen LogP) is -0.262. The molecule has 1 N–H and O–H groups in total. The third-order valence-electron chi connectivity index (χ3n) is 3.53. The zero-order chi connectivity index (χ0) is 15.6.